The van der Waals surface area contributed by atoms with Gasteiger partial charge in [-0.1, -0.05) is 29.8 Å². The number of benzene rings is 2. The van der Waals surface area contributed by atoms with E-state index in [1.165, 1.54) is 19.3 Å². The quantitative estimate of drug-likeness (QED) is 0.791. The first-order valence-electron chi connectivity index (χ1n) is 9.06. The number of carbonyl (C=O) groups is 1. The highest BCUT2D eigenvalue weighted by molar-refractivity contribution is 6.33. The molecule has 1 aliphatic rings. The van der Waals surface area contributed by atoms with Gasteiger partial charge in [-0.2, -0.15) is 0 Å². The lowest BCUT2D eigenvalue weighted by Gasteiger charge is -2.30. The predicted molar refractivity (Wildman–Crippen MR) is 107 cm³/mol. The summed E-state index contributed by atoms with van der Waals surface area (Å²) in [6.45, 7) is 5.56. The molecule has 26 heavy (non-hydrogen) atoms. The molecule has 138 valence electrons. The van der Waals surface area contributed by atoms with Gasteiger partial charge < -0.3 is 15.0 Å². The summed E-state index contributed by atoms with van der Waals surface area (Å²) in [6, 6.07) is 15.0. The van der Waals surface area contributed by atoms with Crippen LogP contribution in [0.25, 0.3) is 0 Å². The lowest BCUT2D eigenvalue weighted by Crippen LogP contribution is -2.42. The van der Waals surface area contributed by atoms with Gasteiger partial charge in [0.15, 0.2) is 5.60 Å². The van der Waals surface area contributed by atoms with E-state index >= 15 is 0 Å². The van der Waals surface area contributed by atoms with E-state index in [0.29, 0.717) is 16.5 Å². The molecule has 0 saturated carbocycles. The molecular weight excluding hydrogens is 348 g/mol. The first-order valence-corrected chi connectivity index (χ1v) is 9.43. The average Bonchev–Trinajstić information content (AvgIpc) is 2.63. The number of nitrogens with zero attached hydrogens (tertiary/aromatic N) is 1. The van der Waals surface area contributed by atoms with Gasteiger partial charge in [-0.3, -0.25) is 4.79 Å². The van der Waals surface area contributed by atoms with E-state index < -0.39 is 5.60 Å². The molecule has 4 nitrogen and oxygen atoms in total. The second kappa shape index (κ2) is 8.00. The fourth-order valence-corrected chi connectivity index (χ4v) is 3.39. The lowest BCUT2D eigenvalue weighted by atomic mass is 10.1. The van der Waals surface area contributed by atoms with Gasteiger partial charge in [-0.25, -0.2) is 0 Å². The van der Waals surface area contributed by atoms with Crippen molar-refractivity contribution in [3.8, 4) is 5.75 Å². The number of halogens is 1. The molecule has 1 heterocycles. The van der Waals surface area contributed by atoms with E-state index in [-0.39, 0.29) is 5.91 Å². The topological polar surface area (TPSA) is 41.6 Å². The Labute approximate surface area is 160 Å². The van der Waals surface area contributed by atoms with Crippen molar-refractivity contribution >= 4 is 28.9 Å². The van der Waals surface area contributed by atoms with Crippen LogP contribution in [0.4, 0.5) is 11.4 Å². The lowest BCUT2D eigenvalue weighted by molar-refractivity contribution is -0.128. The number of para-hydroxylation sites is 1. The van der Waals surface area contributed by atoms with Gasteiger partial charge in [0.1, 0.15) is 5.75 Å². The average molecular weight is 373 g/mol. The van der Waals surface area contributed by atoms with Gasteiger partial charge in [-0.15, -0.1) is 0 Å². The standard InChI is InChI=1S/C21H25ClN2O2/c1-21(2,26-17-9-5-3-6-10-17)20(25)23-16-11-12-19(18(22)15-16)24-13-7-4-8-14-24/h3,5-6,9-12,15H,4,7-8,13-14H2,1-2H3,(H,23,25). The number of ether oxygens (including phenoxy) is 1. The summed E-state index contributed by atoms with van der Waals surface area (Å²) in [6.07, 6.45) is 3.67. The Balaban J connectivity index is 1.67. The number of hydrogen-bond donors (Lipinski definition) is 1. The fourth-order valence-electron chi connectivity index (χ4n) is 3.09. The molecule has 2 aromatic rings. The molecule has 0 aromatic heterocycles. The molecule has 1 aliphatic heterocycles. The minimum absolute atomic E-state index is 0.219. The zero-order valence-corrected chi connectivity index (χ0v) is 16.1. The van der Waals surface area contributed by atoms with E-state index in [9.17, 15) is 4.79 Å². The number of anilines is 2. The molecule has 0 aliphatic carbocycles. The number of rotatable bonds is 5. The molecule has 0 radical (unpaired) electrons. The molecule has 5 heteroatoms. The first-order chi connectivity index (χ1) is 12.5. The van der Waals surface area contributed by atoms with Crippen LogP contribution in [0, 0.1) is 0 Å². The third kappa shape index (κ3) is 4.50. The summed E-state index contributed by atoms with van der Waals surface area (Å²) in [4.78, 5) is 15.0. The number of hydrogen-bond acceptors (Lipinski definition) is 3. The Morgan fingerprint density at radius 1 is 1.08 bits per heavy atom. The molecule has 1 amide bonds. The molecule has 3 rings (SSSR count). The number of piperidine rings is 1. The van der Waals surface area contributed by atoms with Crippen LogP contribution in [0.5, 0.6) is 5.75 Å². The van der Waals surface area contributed by atoms with Crippen LogP contribution >= 0.6 is 11.6 Å². The summed E-state index contributed by atoms with van der Waals surface area (Å²) in [7, 11) is 0. The molecular formula is C21H25ClN2O2. The Morgan fingerprint density at radius 3 is 2.42 bits per heavy atom. The van der Waals surface area contributed by atoms with Crippen molar-refractivity contribution in [3.63, 3.8) is 0 Å². The zero-order valence-electron chi connectivity index (χ0n) is 15.3. The molecule has 1 N–H and O–H groups in total. The van der Waals surface area contributed by atoms with Crippen molar-refractivity contribution in [3.05, 3.63) is 53.6 Å². The van der Waals surface area contributed by atoms with Gasteiger partial charge in [0, 0.05) is 18.8 Å². The number of carbonyl (C=O) groups excluding carboxylic acids is 1. The van der Waals surface area contributed by atoms with Crippen molar-refractivity contribution in [1.29, 1.82) is 0 Å². The van der Waals surface area contributed by atoms with E-state index in [1.807, 2.05) is 48.5 Å². The fraction of sp³-hybridized carbons (Fsp3) is 0.381. The maximum atomic E-state index is 12.6. The number of nitrogens with one attached hydrogen (secondary N) is 1. The Hall–Kier alpha value is -2.20. The normalized spacial score (nSPS) is 14.8. The minimum atomic E-state index is -1.00. The molecule has 2 aromatic carbocycles. The van der Waals surface area contributed by atoms with Crippen molar-refractivity contribution in [2.45, 2.75) is 38.7 Å². The summed E-state index contributed by atoms with van der Waals surface area (Å²) < 4.78 is 5.83. The Morgan fingerprint density at radius 2 is 1.77 bits per heavy atom. The van der Waals surface area contributed by atoms with Gasteiger partial charge in [0.2, 0.25) is 0 Å². The highest BCUT2D eigenvalue weighted by Gasteiger charge is 2.30. The predicted octanol–water partition coefficient (Wildman–Crippen LogP) is 5.13. The molecule has 0 spiro atoms. The van der Waals surface area contributed by atoms with Gasteiger partial charge in [0.25, 0.3) is 5.91 Å². The third-order valence-electron chi connectivity index (χ3n) is 4.57. The van der Waals surface area contributed by atoms with Crippen LogP contribution in [-0.2, 0) is 4.79 Å². The third-order valence-corrected chi connectivity index (χ3v) is 4.87. The summed E-state index contributed by atoms with van der Waals surface area (Å²) in [5, 5.41) is 3.57. The zero-order chi connectivity index (χ0) is 18.6. The van der Waals surface area contributed by atoms with Crippen LogP contribution in [-0.4, -0.2) is 24.6 Å². The van der Waals surface area contributed by atoms with Crippen LogP contribution in [0.3, 0.4) is 0 Å². The van der Waals surface area contributed by atoms with Crippen molar-refractivity contribution in [2.24, 2.45) is 0 Å². The van der Waals surface area contributed by atoms with Gasteiger partial charge in [0.05, 0.1) is 10.7 Å². The summed E-state index contributed by atoms with van der Waals surface area (Å²) in [5.74, 6) is 0.439. The Kier molecular flexibility index (Phi) is 5.72. The van der Waals surface area contributed by atoms with Gasteiger partial charge >= 0.3 is 0 Å². The molecule has 1 fully saturated rings. The van der Waals surface area contributed by atoms with E-state index in [4.69, 9.17) is 16.3 Å². The van der Waals surface area contributed by atoms with E-state index in [2.05, 4.69) is 10.2 Å². The molecule has 1 saturated heterocycles. The SMILES string of the molecule is CC(C)(Oc1ccccc1)C(=O)Nc1ccc(N2CCCCC2)c(Cl)c1. The van der Waals surface area contributed by atoms with E-state index in [0.717, 1.165) is 18.8 Å². The van der Waals surface area contributed by atoms with Crippen molar-refractivity contribution in [1.82, 2.24) is 0 Å². The summed E-state index contributed by atoms with van der Waals surface area (Å²) >= 11 is 6.47. The monoisotopic (exact) mass is 372 g/mol. The van der Waals surface area contributed by atoms with Crippen molar-refractivity contribution < 1.29 is 9.53 Å². The first kappa shape index (κ1) is 18.6. The summed E-state index contributed by atoms with van der Waals surface area (Å²) in [5.41, 5.74) is 0.703. The molecule has 0 unspecified atom stereocenters. The van der Waals surface area contributed by atoms with Crippen LogP contribution < -0.4 is 15.0 Å². The highest BCUT2D eigenvalue weighted by Crippen LogP contribution is 2.31. The second-order valence-electron chi connectivity index (χ2n) is 7.09. The maximum absolute atomic E-state index is 12.6. The number of amides is 1. The molecule has 0 bridgehead atoms. The highest BCUT2D eigenvalue weighted by atomic mass is 35.5. The minimum Gasteiger partial charge on any atom is -0.478 e. The largest absolute Gasteiger partial charge is 0.478 e. The smallest absolute Gasteiger partial charge is 0.267 e. The second-order valence-corrected chi connectivity index (χ2v) is 7.50. The van der Waals surface area contributed by atoms with Crippen LogP contribution in [0.2, 0.25) is 5.02 Å². The molecule has 0 atom stereocenters. The van der Waals surface area contributed by atoms with Crippen molar-refractivity contribution in [2.75, 3.05) is 23.3 Å². The van der Waals surface area contributed by atoms with Crippen LogP contribution in [0.15, 0.2) is 48.5 Å². The Bertz CT molecular complexity index is 756. The van der Waals surface area contributed by atoms with Gasteiger partial charge in [-0.05, 0) is 63.4 Å². The van der Waals surface area contributed by atoms with Crippen LogP contribution in [0.1, 0.15) is 33.1 Å². The van der Waals surface area contributed by atoms with E-state index in [1.54, 1.807) is 13.8 Å². The maximum Gasteiger partial charge on any atom is 0.267 e.